The smallest absolute Gasteiger partial charge is 0.310 e. The van der Waals surface area contributed by atoms with Crippen LogP contribution in [0.1, 0.15) is 59.4 Å². The highest BCUT2D eigenvalue weighted by molar-refractivity contribution is 6.04. The highest BCUT2D eigenvalue weighted by Crippen LogP contribution is 2.76. The molecule has 2 saturated carbocycles. The minimum Gasteiger partial charge on any atom is -0.465 e. The molecule has 0 aromatic heterocycles. The van der Waals surface area contributed by atoms with Crippen LogP contribution in [0.25, 0.3) is 0 Å². The van der Waals surface area contributed by atoms with Crippen LogP contribution < -0.4 is 0 Å². The number of ether oxygens (including phenoxy) is 2. The van der Waals surface area contributed by atoms with Crippen LogP contribution >= 0.6 is 0 Å². The molecule has 222 valence electrons. The quantitative estimate of drug-likeness (QED) is 0.323. The maximum Gasteiger partial charge on any atom is 0.310 e. The zero-order valence-corrected chi connectivity index (χ0v) is 24.6. The van der Waals surface area contributed by atoms with Crippen molar-refractivity contribution in [2.24, 2.45) is 35.0 Å². The van der Waals surface area contributed by atoms with Gasteiger partial charge in [-0.25, -0.2) is 0 Å². The van der Waals surface area contributed by atoms with Crippen LogP contribution in [-0.4, -0.2) is 63.1 Å². The van der Waals surface area contributed by atoms with Gasteiger partial charge >= 0.3 is 11.9 Å². The molecule has 1 aromatic rings. The summed E-state index contributed by atoms with van der Waals surface area (Å²) < 4.78 is 12.2. The molecule has 1 aromatic carbocycles. The van der Waals surface area contributed by atoms with Gasteiger partial charge in [-0.15, -0.1) is 0 Å². The standard InChI is InChI=1S/C33H42O8/c1-6-19(2)29(37)40-18-30(5)27-24-13-23(17-34)16-31(38)25(12-20(3)28(31)36)33(24,39)21(4)15-32(27,30)41-26(35)14-22-10-8-7-9-11-22/h7-13,19,21,24-25,27,34,38-39H,6,14-18H2,1-5H3/t19-,21-,24+,25+,27-,30-,31+,32+,33-/m1/s1. The van der Waals surface area contributed by atoms with Crippen molar-refractivity contribution >= 4 is 17.7 Å². The topological polar surface area (TPSA) is 130 Å². The summed E-state index contributed by atoms with van der Waals surface area (Å²) >= 11 is 0. The second kappa shape index (κ2) is 10.2. The lowest BCUT2D eigenvalue weighted by Crippen LogP contribution is -2.61. The third-order valence-corrected chi connectivity index (χ3v) is 10.7. The van der Waals surface area contributed by atoms with Gasteiger partial charge in [0.2, 0.25) is 0 Å². The number of aliphatic hydroxyl groups excluding tert-OH is 1. The van der Waals surface area contributed by atoms with E-state index in [9.17, 15) is 29.7 Å². The second-order valence-electron chi connectivity index (χ2n) is 13.1. The van der Waals surface area contributed by atoms with Crippen LogP contribution in [0.3, 0.4) is 0 Å². The Hall–Kier alpha value is -2.81. The molecule has 0 aliphatic heterocycles. The molecule has 8 nitrogen and oxygen atoms in total. The molecule has 0 spiro atoms. The lowest BCUT2D eigenvalue weighted by molar-refractivity contribution is -0.187. The van der Waals surface area contributed by atoms with Gasteiger partial charge < -0.3 is 24.8 Å². The van der Waals surface area contributed by atoms with Crippen LogP contribution in [0.4, 0.5) is 0 Å². The molecule has 0 radical (unpaired) electrons. The maximum atomic E-state index is 13.4. The zero-order valence-electron chi connectivity index (χ0n) is 24.6. The molecule has 4 aliphatic rings. The molecule has 4 aliphatic carbocycles. The Balaban J connectivity index is 1.57. The van der Waals surface area contributed by atoms with Crippen LogP contribution in [0.15, 0.2) is 53.6 Å². The maximum absolute atomic E-state index is 13.4. The molecular formula is C33H42O8. The van der Waals surface area contributed by atoms with E-state index in [-0.39, 0.29) is 37.8 Å². The van der Waals surface area contributed by atoms with E-state index >= 15 is 0 Å². The zero-order chi connectivity index (χ0) is 30.0. The Kier molecular flexibility index (Phi) is 7.36. The van der Waals surface area contributed by atoms with Gasteiger partial charge in [-0.1, -0.05) is 70.2 Å². The number of Topliss-reactive ketones (excluding diaryl/α,β-unsaturated/α-hetero) is 1. The Morgan fingerprint density at radius 2 is 1.83 bits per heavy atom. The number of aliphatic hydroxyl groups is 3. The minimum absolute atomic E-state index is 0.0101. The van der Waals surface area contributed by atoms with Crippen molar-refractivity contribution in [2.45, 2.75) is 77.1 Å². The molecule has 9 atom stereocenters. The number of hydrogen-bond acceptors (Lipinski definition) is 8. The first kappa shape index (κ1) is 29.7. The largest absolute Gasteiger partial charge is 0.465 e. The van der Waals surface area contributed by atoms with Gasteiger partial charge in [0, 0.05) is 29.6 Å². The number of ketones is 1. The molecule has 0 amide bonds. The fourth-order valence-corrected chi connectivity index (χ4v) is 8.15. The minimum atomic E-state index is -1.88. The second-order valence-corrected chi connectivity index (χ2v) is 13.1. The number of rotatable bonds is 8. The highest BCUT2D eigenvalue weighted by atomic mass is 16.6. The first-order valence-corrected chi connectivity index (χ1v) is 14.7. The number of hydrogen-bond donors (Lipinski definition) is 3. The van der Waals surface area contributed by atoms with Crippen molar-refractivity contribution in [3.05, 3.63) is 59.2 Å². The van der Waals surface area contributed by atoms with Crippen molar-refractivity contribution in [1.82, 2.24) is 0 Å². The Morgan fingerprint density at radius 3 is 2.46 bits per heavy atom. The number of fused-ring (bicyclic) bond motifs is 5. The Labute approximate surface area is 241 Å². The molecule has 0 unspecified atom stereocenters. The lowest BCUT2D eigenvalue weighted by Gasteiger charge is -2.50. The summed E-state index contributed by atoms with van der Waals surface area (Å²) in [4.78, 5) is 39.4. The summed E-state index contributed by atoms with van der Waals surface area (Å²) in [7, 11) is 0. The van der Waals surface area contributed by atoms with Gasteiger partial charge in [-0.2, -0.15) is 0 Å². The highest BCUT2D eigenvalue weighted by Gasteiger charge is 2.85. The van der Waals surface area contributed by atoms with Gasteiger partial charge in [0.05, 0.1) is 24.5 Å². The average molecular weight is 567 g/mol. The van der Waals surface area contributed by atoms with Gasteiger partial charge in [0.25, 0.3) is 0 Å². The lowest BCUT2D eigenvalue weighted by atomic mass is 9.60. The Morgan fingerprint density at radius 1 is 1.15 bits per heavy atom. The third-order valence-electron chi connectivity index (χ3n) is 10.7. The first-order valence-electron chi connectivity index (χ1n) is 14.7. The molecule has 0 bridgehead atoms. The summed E-state index contributed by atoms with van der Waals surface area (Å²) in [6, 6.07) is 9.29. The third kappa shape index (κ3) is 4.33. The van der Waals surface area contributed by atoms with Crippen LogP contribution in [0, 0.1) is 35.0 Å². The fourth-order valence-electron chi connectivity index (χ4n) is 8.15. The number of carbonyl (C=O) groups is 3. The summed E-state index contributed by atoms with van der Waals surface area (Å²) in [6.45, 7) is 8.71. The molecular weight excluding hydrogens is 524 g/mol. The summed E-state index contributed by atoms with van der Waals surface area (Å²) in [5.41, 5.74) is -3.71. The van der Waals surface area contributed by atoms with Gasteiger partial charge in [0.15, 0.2) is 5.78 Å². The molecule has 0 saturated heterocycles. The molecule has 2 fully saturated rings. The van der Waals surface area contributed by atoms with E-state index < -0.39 is 64.2 Å². The monoisotopic (exact) mass is 566 g/mol. The van der Waals surface area contributed by atoms with E-state index in [2.05, 4.69) is 0 Å². The van der Waals surface area contributed by atoms with Crippen LogP contribution in [-0.2, 0) is 30.3 Å². The molecule has 3 N–H and O–H groups in total. The van der Waals surface area contributed by atoms with Crippen molar-refractivity contribution in [2.75, 3.05) is 13.2 Å². The predicted octanol–water partition coefficient (Wildman–Crippen LogP) is 3.32. The van der Waals surface area contributed by atoms with Crippen LogP contribution in [0.2, 0.25) is 0 Å². The van der Waals surface area contributed by atoms with Crippen molar-refractivity contribution in [3.63, 3.8) is 0 Å². The van der Waals surface area contributed by atoms with Gasteiger partial charge in [-0.3, -0.25) is 14.4 Å². The van der Waals surface area contributed by atoms with E-state index in [0.29, 0.717) is 17.6 Å². The van der Waals surface area contributed by atoms with E-state index in [1.54, 1.807) is 26.0 Å². The summed E-state index contributed by atoms with van der Waals surface area (Å²) in [6.07, 6.45) is 4.29. The van der Waals surface area contributed by atoms with E-state index in [0.717, 1.165) is 5.56 Å². The van der Waals surface area contributed by atoms with E-state index in [1.807, 2.05) is 51.1 Å². The van der Waals surface area contributed by atoms with Crippen molar-refractivity contribution in [1.29, 1.82) is 0 Å². The molecule has 0 heterocycles. The molecule has 41 heavy (non-hydrogen) atoms. The van der Waals surface area contributed by atoms with Gasteiger partial charge in [-0.05, 0) is 42.4 Å². The normalized spacial score (nSPS) is 39.8. The molecule has 5 rings (SSSR count). The van der Waals surface area contributed by atoms with Crippen molar-refractivity contribution in [3.8, 4) is 0 Å². The van der Waals surface area contributed by atoms with E-state index in [1.165, 1.54) is 0 Å². The van der Waals surface area contributed by atoms with E-state index in [4.69, 9.17) is 9.47 Å². The summed E-state index contributed by atoms with van der Waals surface area (Å²) in [5, 5.41) is 34.6. The first-order chi connectivity index (χ1) is 19.3. The number of carbonyl (C=O) groups excluding carboxylic acids is 3. The number of esters is 2. The SMILES string of the molecule is CC[C@@H](C)C(=O)OC[C@]1(C)[C@H]2[C@@H]3C=C(CO)C[C@@]4(O)C(=O)C(C)=C[C@@H]4[C@@]3(O)[C@H](C)C[C@]21OC(=O)Cc1ccccc1. The fraction of sp³-hybridized carbons (Fsp3) is 0.606. The number of benzene rings is 1. The Bertz CT molecular complexity index is 1300. The average Bonchev–Trinajstić information content (AvgIpc) is 3.39. The van der Waals surface area contributed by atoms with Crippen molar-refractivity contribution < 1.29 is 39.2 Å². The summed E-state index contributed by atoms with van der Waals surface area (Å²) in [5.74, 6) is -4.08. The predicted molar refractivity (Wildman–Crippen MR) is 150 cm³/mol. The van der Waals surface area contributed by atoms with Gasteiger partial charge in [0.1, 0.15) is 17.8 Å². The van der Waals surface area contributed by atoms with Crippen LogP contribution in [0.5, 0.6) is 0 Å². The molecule has 8 heteroatoms.